The maximum Gasteiger partial charge on any atom is 0.217 e. The Labute approximate surface area is 108 Å². The second kappa shape index (κ2) is 6.00. The van der Waals surface area contributed by atoms with Gasteiger partial charge >= 0.3 is 0 Å². The minimum atomic E-state index is -0.220. The first-order valence-corrected chi connectivity index (χ1v) is 6.78. The number of hydrogen-bond acceptors (Lipinski definition) is 3. The van der Waals surface area contributed by atoms with Crippen molar-refractivity contribution in [2.24, 2.45) is 5.73 Å². The average molecular weight is 250 g/mol. The van der Waals surface area contributed by atoms with Crippen molar-refractivity contribution in [3.63, 3.8) is 0 Å². The Morgan fingerprint density at radius 1 is 1.56 bits per heavy atom. The number of aromatic nitrogens is 2. The molecule has 5 heteroatoms. The number of nitrogens with two attached hydrogens (primary N) is 1. The number of fused-ring (bicyclic) bond motifs is 1. The predicted octanol–water partition coefficient (Wildman–Crippen LogP) is 0.747. The minimum absolute atomic E-state index is 0.220. The SMILES string of the molecule is CCCc1nc2c(n1CCCC(N)=O)CCNC2. The van der Waals surface area contributed by atoms with E-state index >= 15 is 0 Å². The topological polar surface area (TPSA) is 72.9 Å². The molecule has 0 spiro atoms. The summed E-state index contributed by atoms with van der Waals surface area (Å²) >= 11 is 0. The van der Waals surface area contributed by atoms with Crippen LogP contribution in [-0.2, 0) is 30.7 Å². The van der Waals surface area contributed by atoms with E-state index in [-0.39, 0.29) is 5.91 Å². The minimum Gasteiger partial charge on any atom is -0.370 e. The molecule has 0 radical (unpaired) electrons. The summed E-state index contributed by atoms with van der Waals surface area (Å²) in [4.78, 5) is 15.5. The Morgan fingerprint density at radius 2 is 2.39 bits per heavy atom. The molecule has 0 bridgehead atoms. The number of hydrogen-bond donors (Lipinski definition) is 2. The van der Waals surface area contributed by atoms with Gasteiger partial charge in [0.05, 0.1) is 5.69 Å². The number of carbonyl (C=O) groups excluding carboxylic acids is 1. The van der Waals surface area contributed by atoms with Gasteiger partial charge < -0.3 is 15.6 Å². The van der Waals surface area contributed by atoms with E-state index in [2.05, 4.69) is 16.8 Å². The van der Waals surface area contributed by atoms with Crippen LogP contribution in [0.3, 0.4) is 0 Å². The van der Waals surface area contributed by atoms with Crippen LogP contribution < -0.4 is 11.1 Å². The highest BCUT2D eigenvalue weighted by Gasteiger charge is 2.18. The number of amides is 1. The van der Waals surface area contributed by atoms with Crippen LogP contribution in [0, 0.1) is 0 Å². The highest BCUT2D eigenvalue weighted by atomic mass is 16.1. The van der Waals surface area contributed by atoms with E-state index in [9.17, 15) is 4.79 Å². The van der Waals surface area contributed by atoms with E-state index in [1.807, 2.05) is 0 Å². The standard InChI is InChI=1S/C13H22N4O/c1-2-4-13-16-10-9-15-7-6-11(10)17(13)8-3-5-12(14)18/h15H,2-9H2,1H3,(H2,14,18). The van der Waals surface area contributed by atoms with Gasteiger partial charge in [0.1, 0.15) is 5.82 Å². The third-order valence-electron chi connectivity index (χ3n) is 3.34. The fourth-order valence-corrected chi connectivity index (χ4v) is 2.52. The van der Waals surface area contributed by atoms with Crippen molar-refractivity contribution in [2.45, 2.75) is 52.1 Å². The van der Waals surface area contributed by atoms with Gasteiger partial charge in [0, 0.05) is 44.6 Å². The second-order valence-electron chi connectivity index (χ2n) is 4.82. The molecule has 2 rings (SSSR count). The quantitative estimate of drug-likeness (QED) is 0.782. The summed E-state index contributed by atoms with van der Waals surface area (Å²) in [7, 11) is 0. The molecule has 0 aromatic carbocycles. The molecule has 0 aliphatic carbocycles. The zero-order chi connectivity index (χ0) is 13.0. The van der Waals surface area contributed by atoms with Crippen LogP contribution in [0.5, 0.6) is 0 Å². The molecule has 0 saturated heterocycles. The van der Waals surface area contributed by atoms with Gasteiger partial charge in [-0.15, -0.1) is 0 Å². The molecular formula is C13H22N4O. The van der Waals surface area contributed by atoms with Crippen LogP contribution in [0.25, 0.3) is 0 Å². The van der Waals surface area contributed by atoms with Crippen LogP contribution >= 0.6 is 0 Å². The molecule has 2 heterocycles. The van der Waals surface area contributed by atoms with E-state index < -0.39 is 0 Å². The van der Waals surface area contributed by atoms with E-state index in [0.29, 0.717) is 6.42 Å². The molecule has 0 saturated carbocycles. The first-order chi connectivity index (χ1) is 8.72. The molecule has 1 aliphatic heterocycles. The van der Waals surface area contributed by atoms with E-state index in [4.69, 9.17) is 10.7 Å². The van der Waals surface area contributed by atoms with Gasteiger partial charge in [0.2, 0.25) is 5.91 Å². The van der Waals surface area contributed by atoms with Crippen LogP contribution in [0.4, 0.5) is 0 Å². The zero-order valence-electron chi connectivity index (χ0n) is 11.0. The molecule has 0 fully saturated rings. The van der Waals surface area contributed by atoms with Crippen LogP contribution in [0.15, 0.2) is 0 Å². The molecule has 1 amide bonds. The largest absolute Gasteiger partial charge is 0.370 e. The van der Waals surface area contributed by atoms with Crippen molar-refractivity contribution >= 4 is 5.91 Å². The van der Waals surface area contributed by atoms with Crippen molar-refractivity contribution in [2.75, 3.05) is 6.54 Å². The lowest BCUT2D eigenvalue weighted by atomic mass is 10.2. The molecule has 18 heavy (non-hydrogen) atoms. The number of aryl methyl sites for hydroxylation is 1. The van der Waals surface area contributed by atoms with Crippen LogP contribution in [0.1, 0.15) is 43.4 Å². The summed E-state index contributed by atoms with van der Waals surface area (Å²) in [5.41, 5.74) is 7.73. The van der Waals surface area contributed by atoms with Crippen LogP contribution in [-0.4, -0.2) is 22.0 Å². The maximum absolute atomic E-state index is 10.8. The van der Waals surface area contributed by atoms with Crippen molar-refractivity contribution < 1.29 is 4.79 Å². The molecule has 0 unspecified atom stereocenters. The highest BCUT2D eigenvalue weighted by Crippen LogP contribution is 2.18. The normalized spacial score (nSPS) is 14.5. The van der Waals surface area contributed by atoms with Crippen molar-refractivity contribution in [1.82, 2.24) is 14.9 Å². The molecule has 5 nitrogen and oxygen atoms in total. The van der Waals surface area contributed by atoms with Gasteiger partial charge in [0.25, 0.3) is 0 Å². The van der Waals surface area contributed by atoms with E-state index in [0.717, 1.165) is 51.1 Å². The summed E-state index contributed by atoms with van der Waals surface area (Å²) in [6.45, 7) is 4.91. The Morgan fingerprint density at radius 3 is 3.11 bits per heavy atom. The fourth-order valence-electron chi connectivity index (χ4n) is 2.52. The highest BCUT2D eigenvalue weighted by molar-refractivity contribution is 5.73. The molecule has 1 aromatic heterocycles. The Hall–Kier alpha value is -1.36. The van der Waals surface area contributed by atoms with E-state index in [1.54, 1.807) is 0 Å². The molecular weight excluding hydrogens is 228 g/mol. The first kappa shape index (κ1) is 13.1. The zero-order valence-corrected chi connectivity index (χ0v) is 11.0. The van der Waals surface area contributed by atoms with Crippen molar-refractivity contribution in [3.8, 4) is 0 Å². The number of imidazole rings is 1. The fraction of sp³-hybridized carbons (Fsp3) is 0.692. The molecule has 1 aromatic rings. The Balaban J connectivity index is 2.13. The lowest BCUT2D eigenvalue weighted by Crippen LogP contribution is -2.25. The third-order valence-corrected chi connectivity index (χ3v) is 3.34. The van der Waals surface area contributed by atoms with Gasteiger partial charge in [-0.1, -0.05) is 6.92 Å². The van der Waals surface area contributed by atoms with Crippen LogP contribution in [0.2, 0.25) is 0 Å². The number of rotatable bonds is 6. The monoisotopic (exact) mass is 250 g/mol. The summed E-state index contributed by atoms with van der Waals surface area (Å²) in [6, 6.07) is 0. The number of nitrogens with one attached hydrogen (secondary N) is 1. The van der Waals surface area contributed by atoms with Crippen molar-refractivity contribution in [1.29, 1.82) is 0 Å². The summed E-state index contributed by atoms with van der Waals surface area (Å²) in [5, 5.41) is 3.35. The van der Waals surface area contributed by atoms with Gasteiger partial charge in [0.15, 0.2) is 0 Å². The lowest BCUT2D eigenvalue weighted by Gasteiger charge is -2.16. The van der Waals surface area contributed by atoms with E-state index in [1.165, 1.54) is 11.4 Å². The summed E-state index contributed by atoms with van der Waals surface area (Å²) in [5.74, 6) is 0.943. The lowest BCUT2D eigenvalue weighted by molar-refractivity contribution is -0.118. The third kappa shape index (κ3) is 2.90. The average Bonchev–Trinajstić information content (AvgIpc) is 2.68. The maximum atomic E-state index is 10.8. The number of carbonyl (C=O) groups is 1. The molecule has 0 atom stereocenters. The first-order valence-electron chi connectivity index (χ1n) is 6.78. The van der Waals surface area contributed by atoms with Gasteiger partial charge in [-0.2, -0.15) is 0 Å². The van der Waals surface area contributed by atoms with Crippen molar-refractivity contribution in [3.05, 3.63) is 17.2 Å². The molecule has 1 aliphatic rings. The Bertz CT molecular complexity index is 425. The summed E-state index contributed by atoms with van der Waals surface area (Å²) < 4.78 is 2.31. The van der Waals surface area contributed by atoms with Gasteiger partial charge in [-0.05, 0) is 12.8 Å². The smallest absolute Gasteiger partial charge is 0.217 e. The Kier molecular flexibility index (Phi) is 4.36. The van der Waals surface area contributed by atoms with Gasteiger partial charge in [-0.25, -0.2) is 4.98 Å². The molecule has 100 valence electrons. The number of primary amides is 1. The predicted molar refractivity (Wildman–Crippen MR) is 70.1 cm³/mol. The second-order valence-corrected chi connectivity index (χ2v) is 4.82. The molecule has 3 N–H and O–H groups in total. The number of nitrogens with zero attached hydrogens (tertiary/aromatic N) is 2. The summed E-state index contributed by atoms with van der Waals surface area (Å²) in [6.07, 6.45) is 4.39. The van der Waals surface area contributed by atoms with Gasteiger partial charge in [-0.3, -0.25) is 4.79 Å².